The first-order chi connectivity index (χ1) is 10.6. The molecule has 2 heterocycles. The van der Waals surface area contributed by atoms with Gasteiger partial charge in [0.2, 0.25) is 0 Å². The lowest BCUT2D eigenvalue weighted by atomic mass is 9.99. The van der Waals surface area contributed by atoms with E-state index in [2.05, 4.69) is 25.9 Å². The highest BCUT2D eigenvalue weighted by Gasteiger charge is 2.40. The smallest absolute Gasteiger partial charge is 0.155 e. The minimum Gasteiger partial charge on any atom is -0.455 e. The lowest BCUT2D eigenvalue weighted by Gasteiger charge is -2.24. The normalized spacial score (nSPS) is 20.7. The standard InChI is InChI=1S/C15H13BrClN3OS/c16-10-6-12(21-11-4-2-1-3-5-11)13(19-7-10)15(8-17)9-22-14(18)20-15/h1-7H,8-9H2,(H2,18,20). The molecule has 1 aliphatic heterocycles. The van der Waals surface area contributed by atoms with Gasteiger partial charge >= 0.3 is 0 Å². The Morgan fingerprint density at radius 3 is 2.77 bits per heavy atom. The summed E-state index contributed by atoms with van der Waals surface area (Å²) in [6, 6.07) is 11.4. The van der Waals surface area contributed by atoms with Crippen molar-refractivity contribution in [2.24, 2.45) is 10.7 Å². The van der Waals surface area contributed by atoms with Gasteiger partial charge in [0.1, 0.15) is 17.0 Å². The zero-order chi connectivity index (χ0) is 15.6. The highest BCUT2D eigenvalue weighted by molar-refractivity contribution is 9.10. The lowest BCUT2D eigenvalue weighted by molar-refractivity contribution is 0.446. The summed E-state index contributed by atoms with van der Waals surface area (Å²) < 4.78 is 6.82. The fourth-order valence-electron chi connectivity index (χ4n) is 2.19. The van der Waals surface area contributed by atoms with Crippen LogP contribution in [0.2, 0.25) is 0 Å². The van der Waals surface area contributed by atoms with E-state index in [0.717, 1.165) is 10.2 Å². The van der Waals surface area contributed by atoms with Gasteiger partial charge in [-0.15, -0.1) is 11.6 Å². The van der Waals surface area contributed by atoms with Crippen LogP contribution < -0.4 is 10.5 Å². The summed E-state index contributed by atoms with van der Waals surface area (Å²) in [5.41, 5.74) is 5.88. The van der Waals surface area contributed by atoms with Crippen molar-refractivity contribution in [1.82, 2.24) is 4.98 Å². The molecule has 0 saturated carbocycles. The van der Waals surface area contributed by atoms with Gasteiger partial charge in [-0.1, -0.05) is 30.0 Å². The third-order valence-corrected chi connectivity index (χ3v) is 5.12. The zero-order valence-electron chi connectivity index (χ0n) is 11.5. The zero-order valence-corrected chi connectivity index (χ0v) is 14.7. The minimum atomic E-state index is -0.652. The van der Waals surface area contributed by atoms with Gasteiger partial charge in [0.15, 0.2) is 10.9 Å². The molecule has 114 valence electrons. The fourth-order valence-corrected chi connectivity index (χ4v) is 3.82. The number of rotatable bonds is 4. The van der Waals surface area contributed by atoms with Gasteiger partial charge in [0, 0.05) is 16.4 Å². The number of nitrogens with zero attached hydrogens (tertiary/aromatic N) is 2. The number of alkyl halides is 1. The summed E-state index contributed by atoms with van der Waals surface area (Å²) in [6.07, 6.45) is 1.72. The van der Waals surface area contributed by atoms with Crippen molar-refractivity contribution in [2.75, 3.05) is 11.6 Å². The van der Waals surface area contributed by atoms with E-state index >= 15 is 0 Å². The van der Waals surface area contributed by atoms with Gasteiger partial charge in [-0.05, 0) is 34.1 Å². The molecule has 0 spiro atoms. The quantitative estimate of drug-likeness (QED) is 0.787. The number of amidine groups is 1. The van der Waals surface area contributed by atoms with Gasteiger partial charge in [-0.25, -0.2) is 4.99 Å². The van der Waals surface area contributed by atoms with Crippen molar-refractivity contribution in [2.45, 2.75) is 5.54 Å². The summed E-state index contributed by atoms with van der Waals surface area (Å²) in [6.45, 7) is 0. The number of hydrogen-bond acceptors (Lipinski definition) is 5. The Morgan fingerprint density at radius 1 is 1.36 bits per heavy atom. The van der Waals surface area contributed by atoms with E-state index in [1.165, 1.54) is 11.8 Å². The van der Waals surface area contributed by atoms with Crippen molar-refractivity contribution < 1.29 is 4.74 Å². The Labute approximate surface area is 146 Å². The second kappa shape index (κ2) is 6.48. The maximum Gasteiger partial charge on any atom is 0.155 e. The van der Waals surface area contributed by atoms with Crippen LogP contribution in [-0.4, -0.2) is 21.8 Å². The Kier molecular flexibility index (Phi) is 4.61. The predicted molar refractivity (Wildman–Crippen MR) is 94.9 cm³/mol. The average molecular weight is 399 g/mol. The molecule has 7 heteroatoms. The van der Waals surface area contributed by atoms with Crippen molar-refractivity contribution >= 4 is 44.5 Å². The van der Waals surface area contributed by atoms with Crippen LogP contribution in [0.25, 0.3) is 0 Å². The van der Waals surface area contributed by atoms with Crippen LogP contribution in [0.5, 0.6) is 11.5 Å². The third kappa shape index (κ3) is 3.09. The van der Waals surface area contributed by atoms with Crippen molar-refractivity contribution in [3.05, 3.63) is 52.8 Å². The molecule has 1 aromatic carbocycles. The third-order valence-electron chi connectivity index (χ3n) is 3.24. The molecule has 0 fully saturated rings. The summed E-state index contributed by atoms with van der Waals surface area (Å²) in [5, 5.41) is 0.524. The Morgan fingerprint density at radius 2 is 2.14 bits per heavy atom. The molecule has 0 saturated heterocycles. The molecule has 22 heavy (non-hydrogen) atoms. The van der Waals surface area contributed by atoms with Crippen LogP contribution in [0.15, 0.2) is 52.1 Å². The largest absolute Gasteiger partial charge is 0.455 e. The van der Waals surface area contributed by atoms with E-state index in [1.807, 2.05) is 36.4 Å². The van der Waals surface area contributed by atoms with Crippen LogP contribution in [0.3, 0.4) is 0 Å². The number of para-hydroxylation sites is 1. The molecule has 2 N–H and O–H groups in total. The van der Waals surface area contributed by atoms with Crippen molar-refractivity contribution in [1.29, 1.82) is 0 Å². The van der Waals surface area contributed by atoms with E-state index < -0.39 is 5.54 Å². The number of pyridine rings is 1. The number of benzene rings is 1. The molecule has 0 bridgehead atoms. The van der Waals surface area contributed by atoms with E-state index in [-0.39, 0.29) is 0 Å². The second-order valence-corrected chi connectivity index (χ2v) is 7.00. The number of halogens is 2. The Hall–Kier alpha value is -1.24. The second-order valence-electron chi connectivity index (χ2n) is 4.82. The summed E-state index contributed by atoms with van der Waals surface area (Å²) in [4.78, 5) is 9.01. The van der Waals surface area contributed by atoms with Gasteiger partial charge in [0.25, 0.3) is 0 Å². The summed E-state index contributed by atoms with van der Waals surface area (Å²) in [7, 11) is 0. The minimum absolute atomic E-state index is 0.292. The number of thioether (sulfide) groups is 1. The predicted octanol–water partition coefficient (Wildman–Crippen LogP) is 4.13. The number of aromatic nitrogens is 1. The topological polar surface area (TPSA) is 60.5 Å². The van der Waals surface area contributed by atoms with E-state index in [9.17, 15) is 0 Å². The molecule has 0 amide bonds. The molecule has 1 aliphatic rings. The first-order valence-corrected chi connectivity index (χ1v) is 8.87. The average Bonchev–Trinajstić information content (AvgIpc) is 2.91. The Balaban J connectivity index is 2.05. The van der Waals surface area contributed by atoms with Crippen molar-refractivity contribution in [3.8, 4) is 11.5 Å². The molecular formula is C15H13BrClN3OS. The number of hydrogen-bond donors (Lipinski definition) is 1. The molecule has 4 nitrogen and oxygen atoms in total. The van der Waals surface area contributed by atoms with Gasteiger partial charge in [0.05, 0.1) is 5.88 Å². The van der Waals surface area contributed by atoms with E-state index in [1.54, 1.807) is 6.20 Å². The van der Waals surface area contributed by atoms with Crippen LogP contribution in [-0.2, 0) is 5.54 Å². The van der Waals surface area contributed by atoms with E-state index in [4.69, 9.17) is 22.1 Å². The first-order valence-electron chi connectivity index (χ1n) is 6.56. The maximum absolute atomic E-state index is 6.20. The van der Waals surface area contributed by atoms with Crippen LogP contribution in [0.1, 0.15) is 5.69 Å². The van der Waals surface area contributed by atoms with E-state index in [0.29, 0.717) is 28.2 Å². The number of nitrogens with two attached hydrogens (primary N) is 1. The lowest BCUT2D eigenvalue weighted by Crippen LogP contribution is -2.28. The van der Waals surface area contributed by atoms with Crippen LogP contribution in [0, 0.1) is 0 Å². The van der Waals surface area contributed by atoms with Gasteiger partial charge in [-0.3, -0.25) is 4.98 Å². The molecule has 0 aliphatic carbocycles. The van der Waals surface area contributed by atoms with Crippen LogP contribution >= 0.6 is 39.3 Å². The molecule has 1 atom stereocenters. The van der Waals surface area contributed by atoms with Crippen molar-refractivity contribution in [3.63, 3.8) is 0 Å². The van der Waals surface area contributed by atoms with Gasteiger partial charge in [-0.2, -0.15) is 0 Å². The fraction of sp³-hybridized carbons (Fsp3) is 0.200. The first kappa shape index (κ1) is 15.6. The molecule has 1 aromatic heterocycles. The number of aliphatic imine (C=N–C) groups is 1. The molecule has 2 aromatic rings. The maximum atomic E-state index is 6.20. The molecule has 0 radical (unpaired) electrons. The monoisotopic (exact) mass is 397 g/mol. The molecule has 3 rings (SSSR count). The number of ether oxygens (including phenoxy) is 1. The van der Waals surface area contributed by atoms with Crippen LogP contribution in [0.4, 0.5) is 0 Å². The molecule has 1 unspecified atom stereocenters. The summed E-state index contributed by atoms with van der Waals surface area (Å²) >= 11 is 11.1. The Bertz CT molecular complexity index is 713. The SMILES string of the molecule is NC1=NC(CCl)(c2ncc(Br)cc2Oc2ccccc2)CS1. The summed E-state index contributed by atoms with van der Waals surface area (Å²) in [5.74, 6) is 2.30. The highest BCUT2D eigenvalue weighted by Crippen LogP contribution is 2.42. The van der Waals surface area contributed by atoms with Gasteiger partial charge < -0.3 is 10.5 Å². The highest BCUT2D eigenvalue weighted by atomic mass is 79.9. The molecular weight excluding hydrogens is 386 g/mol.